The summed E-state index contributed by atoms with van der Waals surface area (Å²) in [5, 5.41) is 4.43. The van der Waals surface area contributed by atoms with E-state index < -0.39 is 17.2 Å². The van der Waals surface area contributed by atoms with Gasteiger partial charge in [-0.05, 0) is 38.5 Å². The van der Waals surface area contributed by atoms with Crippen LogP contribution in [0.25, 0.3) is 5.69 Å². The van der Waals surface area contributed by atoms with E-state index in [1.54, 1.807) is 17.7 Å². The van der Waals surface area contributed by atoms with Gasteiger partial charge in [0.05, 0.1) is 5.69 Å². The zero-order chi connectivity index (χ0) is 21.8. The number of para-hydroxylation sites is 1. The Morgan fingerprint density at radius 1 is 1.20 bits per heavy atom. The molecule has 0 aliphatic carbocycles. The maximum absolute atomic E-state index is 13.2. The normalized spacial score (nSPS) is 10.9. The van der Waals surface area contributed by atoms with Crippen molar-refractivity contribution in [1.29, 1.82) is 0 Å². The van der Waals surface area contributed by atoms with Crippen molar-refractivity contribution in [3.8, 4) is 5.69 Å². The van der Waals surface area contributed by atoms with E-state index in [4.69, 9.17) is 5.73 Å². The molecule has 0 aliphatic rings. The molecule has 30 heavy (non-hydrogen) atoms. The number of hydrogen-bond acceptors (Lipinski definition) is 5. The maximum Gasteiger partial charge on any atom is 0.330 e. The van der Waals surface area contributed by atoms with Gasteiger partial charge in [-0.25, -0.2) is 9.48 Å². The number of hydrogen-bond donors (Lipinski definition) is 2. The van der Waals surface area contributed by atoms with E-state index in [1.165, 1.54) is 9.47 Å². The number of rotatable bonds is 7. The Hall–Kier alpha value is -3.62. The number of unbranched alkanes of at least 4 members (excludes halogenated alkanes) is 1. The number of H-pyrrole nitrogens is 1. The van der Waals surface area contributed by atoms with Gasteiger partial charge >= 0.3 is 5.69 Å². The molecular formula is C21H26N6O3. The molecule has 3 N–H and O–H groups in total. The van der Waals surface area contributed by atoms with E-state index in [-0.39, 0.29) is 23.7 Å². The minimum Gasteiger partial charge on any atom is -0.383 e. The fourth-order valence-corrected chi connectivity index (χ4v) is 3.33. The molecule has 1 amide bonds. The van der Waals surface area contributed by atoms with Gasteiger partial charge in [-0.15, -0.1) is 0 Å². The van der Waals surface area contributed by atoms with E-state index in [1.807, 2.05) is 44.2 Å². The fraction of sp³-hybridized carbons (Fsp3) is 0.333. The lowest BCUT2D eigenvalue weighted by molar-refractivity contribution is 0.0982. The smallest absolute Gasteiger partial charge is 0.330 e. The van der Waals surface area contributed by atoms with E-state index in [2.05, 4.69) is 10.1 Å². The topological polar surface area (TPSA) is 119 Å². The second-order valence-corrected chi connectivity index (χ2v) is 6.97. The first-order chi connectivity index (χ1) is 14.4. The number of benzene rings is 1. The Balaban J connectivity index is 2.04. The van der Waals surface area contributed by atoms with Crippen molar-refractivity contribution in [2.45, 2.75) is 40.2 Å². The second-order valence-electron chi connectivity index (χ2n) is 6.97. The van der Waals surface area contributed by atoms with E-state index >= 15 is 0 Å². The molecule has 0 atom stereocenters. The van der Waals surface area contributed by atoms with Crippen LogP contribution in [0.15, 0.2) is 46.0 Å². The molecular weight excluding hydrogens is 384 g/mol. The highest BCUT2D eigenvalue weighted by Crippen LogP contribution is 2.20. The first kappa shape index (κ1) is 21.1. The number of aromatic nitrogens is 4. The Morgan fingerprint density at radius 3 is 2.53 bits per heavy atom. The summed E-state index contributed by atoms with van der Waals surface area (Å²) in [6.07, 6.45) is 1.57. The van der Waals surface area contributed by atoms with Crippen LogP contribution >= 0.6 is 0 Å². The van der Waals surface area contributed by atoms with Gasteiger partial charge in [-0.1, -0.05) is 31.5 Å². The average Bonchev–Trinajstić information content (AvgIpc) is 3.12. The molecule has 0 spiro atoms. The molecule has 3 rings (SSSR count). The van der Waals surface area contributed by atoms with Crippen LogP contribution in [0.5, 0.6) is 0 Å². The van der Waals surface area contributed by atoms with Crippen LogP contribution in [-0.2, 0) is 6.54 Å². The monoisotopic (exact) mass is 410 g/mol. The highest BCUT2D eigenvalue weighted by Gasteiger charge is 2.26. The summed E-state index contributed by atoms with van der Waals surface area (Å²) in [4.78, 5) is 41.5. The Morgan fingerprint density at radius 2 is 1.90 bits per heavy atom. The van der Waals surface area contributed by atoms with Gasteiger partial charge in [0.1, 0.15) is 5.82 Å². The highest BCUT2D eigenvalue weighted by molar-refractivity contribution is 6.06. The Kier molecular flexibility index (Phi) is 6.20. The lowest BCUT2D eigenvalue weighted by Gasteiger charge is -2.22. The van der Waals surface area contributed by atoms with Crippen molar-refractivity contribution < 1.29 is 4.79 Å². The van der Waals surface area contributed by atoms with Crippen molar-refractivity contribution in [3.63, 3.8) is 0 Å². The average molecular weight is 410 g/mol. The van der Waals surface area contributed by atoms with Crippen molar-refractivity contribution >= 4 is 17.4 Å². The third-order valence-corrected chi connectivity index (χ3v) is 4.89. The number of anilines is 2. The SMILES string of the molecule is CCCCn1c(N)c(N(CC)C(=O)c2cc(C)n(-c3ccccc3)n2)c(=O)[nH]c1=O. The number of carbonyl (C=O) groups is 1. The zero-order valence-corrected chi connectivity index (χ0v) is 17.4. The minimum absolute atomic E-state index is 0.0217. The number of aryl methyl sites for hydroxylation is 1. The van der Waals surface area contributed by atoms with Crippen molar-refractivity contribution in [2.24, 2.45) is 0 Å². The molecule has 2 heterocycles. The van der Waals surface area contributed by atoms with Crippen LogP contribution in [0.4, 0.5) is 11.5 Å². The van der Waals surface area contributed by atoms with Gasteiger partial charge < -0.3 is 5.73 Å². The first-order valence-corrected chi connectivity index (χ1v) is 9.95. The van der Waals surface area contributed by atoms with Gasteiger partial charge in [0.2, 0.25) is 0 Å². The third-order valence-electron chi connectivity index (χ3n) is 4.89. The van der Waals surface area contributed by atoms with E-state index in [0.717, 1.165) is 24.2 Å². The molecule has 0 radical (unpaired) electrons. The highest BCUT2D eigenvalue weighted by atomic mass is 16.2. The van der Waals surface area contributed by atoms with Crippen molar-refractivity contribution in [1.82, 2.24) is 19.3 Å². The molecule has 158 valence electrons. The Bertz CT molecular complexity index is 1160. The number of amides is 1. The van der Waals surface area contributed by atoms with Crippen LogP contribution in [0.2, 0.25) is 0 Å². The molecule has 9 heteroatoms. The molecule has 0 aliphatic heterocycles. The number of nitrogen functional groups attached to an aromatic ring is 1. The predicted molar refractivity (Wildman–Crippen MR) is 116 cm³/mol. The summed E-state index contributed by atoms with van der Waals surface area (Å²) >= 11 is 0. The van der Waals surface area contributed by atoms with Crippen molar-refractivity contribution in [2.75, 3.05) is 17.2 Å². The molecule has 9 nitrogen and oxygen atoms in total. The zero-order valence-electron chi connectivity index (χ0n) is 17.4. The van der Waals surface area contributed by atoms with Crippen LogP contribution in [0, 0.1) is 6.92 Å². The van der Waals surface area contributed by atoms with Gasteiger partial charge in [0, 0.05) is 18.8 Å². The van der Waals surface area contributed by atoms with Crippen molar-refractivity contribution in [3.05, 3.63) is 68.6 Å². The fourth-order valence-electron chi connectivity index (χ4n) is 3.33. The van der Waals surface area contributed by atoms with Gasteiger partial charge in [-0.3, -0.25) is 24.0 Å². The lowest BCUT2D eigenvalue weighted by atomic mass is 10.2. The molecule has 0 bridgehead atoms. The summed E-state index contributed by atoms with van der Waals surface area (Å²) in [5.41, 5.74) is 6.63. The van der Waals surface area contributed by atoms with Gasteiger partial charge in [0.25, 0.3) is 11.5 Å². The lowest BCUT2D eigenvalue weighted by Crippen LogP contribution is -2.41. The molecule has 2 aromatic heterocycles. The third kappa shape index (κ3) is 3.91. The largest absolute Gasteiger partial charge is 0.383 e. The number of carbonyl (C=O) groups excluding carboxylic acids is 1. The quantitative estimate of drug-likeness (QED) is 0.618. The number of nitrogens with zero attached hydrogens (tertiary/aromatic N) is 4. The Labute approximate surface area is 173 Å². The maximum atomic E-state index is 13.2. The number of aromatic amines is 1. The standard InChI is InChI=1S/C21H26N6O3/c1-4-6-12-26-18(22)17(19(28)23-21(26)30)25(5-2)20(29)16-13-14(3)27(24-16)15-10-8-7-9-11-15/h7-11,13H,4-6,12,22H2,1-3H3,(H,23,28,30). The number of nitrogens with two attached hydrogens (primary N) is 1. The molecule has 0 saturated carbocycles. The van der Waals surface area contributed by atoms with Gasteiger partial charge in [-0.2, -0.15) is 5.10 Å². The second kappa shape index (κ2) is 8.81. The predicted octanol–water partition coefficient (Wildman–Crippen LogP) is 2.08. The van der Waals surface area contributed by atoms with Gasteiger partial charge in [0.15, 0.2) is 11.4 Å². The summed E-state index contributed by atoms with van der Waals surface area (Å²) in [6, 6.07) is 11.1. The molecule has 0 unspecified atom stereocenters. The number of nitrogens with one attached hydrogen (secondary N) is 1. The summed E-state index contributed by atoms with van der Waals surface area (Å²) in [7, 11) is 0. The molecule has 3 aromatic rings. The van der Waals surface area contributed by atoms with E-state index in [0.29, 0.717) is 6.54 Å². The van der Waals surface area contributed by atoms with Crippen LogP contribution in [0.1, 0.15) is 42.9 Å². The minimum atomic E-state index is -0.695. The molecule has 0 fully saturated rings. The van der Waals surface area contributed by atoms with E-state index in [9.17, 15) is 14.4 Å². The first-order valence-electron chi connectivity index (χ1n) is 9.95. The summed E-state index contributed by atoms with van der Waals surface area (Å²) in [6.45, 7) is 6.12. The van der Waals surface area contributed by atoms with Crippen LogP contribution in [-0.4, -0.2) is 31.8 Å². The van der Waals surface area contributed by atoms with Crippen LogP contribution < -0.4 is 21.9 Å². The molecule has 1 aromatic carbocycles. The summed E-state index contributed by atoms with van der Waals surface area (Å²) < 4.78 is 2.96. The summed E-state index contributed by atoms with van der Waals surface area (Å²) in [5.74, 6) is -0.486. The molecule has 0 saturated heterocycles. The van der Waals surface area contributed by atoms with Crippen LogP contribution in [0.3, 0.4) is 0 Å².